The molecule has 41 heavy (non-hydrogen) atoms. The topological polar surface area (TPSA) is 155 Å². The van der Waals surface area contributed by atoms with E-state index >= 15 is 0 Å². The van der Waals surface area contributed by atoms with E-state index in [1.54, 1.807) is 15.9 Å². The number of aromatic amines is 1. The van der Waals surface area contributed by atoms with E-state index in [2.05, 4.69) is 10.3 Å². The molecule has 4 heterocycles. The molecule has 0 radical (unpaired) electrons. The summed E-state index contributed by atoms with van der Waals surface area (Å²) < 4.78 is 5.19. The Kier molecular flexibility index (Phi) is 6.47. The molecule has 6 rings (SSSR count). The number of imide groups is 1. The maximum Gasteiger partial charge on any atom is 0.313 e. The minimum Gasteiger partial charge on any atom is -0.490 e. The van der Waals surface area contributed by atoms with Gasteiger partial charge in [-0.3, -0.25) is 34.6 Å². The van der Waals surface area contributed by atoms with Gasteiger partial charge in [0.1, 0.15) is 11.7 Å². The van der Waals surface area contributed by atoms with E-state index in [1.165, 1.54) is 13.2 Å². The first-order valence-electron chi connectivity index (χ1n) is 13.6. The van der Waals surface area contributed by atoms with Gasteiger partial charge in [0.05, 0.1) is 17.5 Å². The molecule has 3 aliphatic rings. The molecule has 1 atom stereocenters. The van der Waals surface area contributed by atoms with E-state index in [9.17, 15) is 29.3 Å². The molecule has 0 bridgehead atoms. The fourth-order valence-corrected chi connectivity index (χ4v) is 6.29. The maximum absolute atomic E-state index is 13.5. The van der Waals surface area contributed by atoms with Gasteiger partial charge in [-0.25, -0.2) is 0 Å². The number of hydrogen-bond donors (Lipinski definition) is 2. The van der Waals surface area contributed by atoms with Gasteiger partial charge < -0.3 is 19.5 Å². The lowest BCUT2D eigenvalue weighted by atomic mass is 9.87. The number of piperidine rings is 2. The Morgan fingerprint density at radius 1 is 1.10 bits per heavy atom. The Balaban J connectivity index is 1.14. The largest absolute Gasteiger partial charge is 0.490 e. The lowest BCUT2D eigenvalue weighted by molar-refractivity contribution is -0.385. The zero-order valence-electron chi connectivity index (χ0n) is 22.7. The van der Waals surface area contributed by atoms with Crippen molar-refractivity contribution in [1.82, 2.24) is 20.1 Å². The van der Waals surface area contributed by atoms with Crippen LogP contribution < -0.4 is 10.1 Å². The number of nitrogens with one attached hydrogen (secondary N) is 2. The third-order valence-electron chi connectivity index (χ3n) is 8.57. The minimum absolute atomic E-state index is 0.140. The van der Waals surface area contributed by atoms with E-state index < -0.39 is 16.9 Å². The number of nitrogens with zero attached hydrogens (tertiary/aromatic N) is 3. The lowest BCUT2D eigenvalue weighted by Crippen LogP contribution is -2.52. The molecule has 3 aliphatic heterocycles. The number of amides is 4. The molecule has 4 amide bonds. The fourth-order valence-electron chi connectivity index (χ4n) is 6.29. The van der Waals surface area contributed by atoms with E-state index in [0.717, 1.165) is 24.0 Å². The van der Waals surface area contributed by atoms with Crippen LogP contribution in [-0.4, -0.2) is 69.6 Å². The zero-order valence-corrected chi connectivity index (χ0v) is 22.7. The first kappa shape index (κ1) is 26.5. The molecule has 12 nitrogen and oxygen atoms in total. The van der Waals surface area contributed by atoms with Crippen LogP contribution in [0.15, 0.2) is 30.3 Å². The first-order valence-corrected chi connectivity index (χ1v) is 13.6. The van der Waals surface area contributed by atoms with Crippen LogP contribution in [0.3, 0.4) is 0 Å². The van der Waals surface area contributed by atoms with Crippen molar-refractivity contribution in [2.24, 2.45) is 0 Å². The molecule has 1 unspecified atom stereocenters. The van der Waals surface area contributed by atoms with Crippen LogP contribution in [0.25, 0.3) is 10.9 Å². The number of carbonyl (C=O) groups excluding carboxylic acids is 4. The Bertz CT molecular complexity index is 1640. The van der Waals surface area contributed by atoms with Crippen LogP contribution >= 0.6 is 0 Å². The Hall–Kier alpha value is -4.74. The number of carbonyl (C=O) groups is 4. The highest BCUT2D eigenvalue weighted by Crippen LogP contribution is 2.36. The van der Waals surface area contributed by atoms with Gasteiger partial charge in [0.2, 0.25) is 11.8 Å². The summed E-state index contributed by atoms with van der Waals surface area (Å²) in [5.74, 6) is -0.745. The molecular formula is C29H29N5O7. The first-order chi connectivity index (χ1) is 19.7. The number of nitro groups is 1. The van der Waals surface area contributed by atoms with Crippen LogP contribution in [-0.2, 0) is 16.1 Å². The predicted molar refractivity (Wildman–Crippen MR) is 147 cm³/mol. The lowest BCUT2D eigenvalue weighted by Gasteiger charge is -2.32. The smallest absolute Gasteiger partial charge is 0.313 e. The quantitative estimate of drug-likeness (QED) is 0.276. The Labute approximate surface area is 234 Å². The number of fused-ring (bicyclic) bond motifs is 2. The summed E-state index contributed by atoms with van der Waals surface area (Å²) in [6.45, 7) is 3.22. The summed E-state index contributed by atoms with van der Waals surface area (Å²) >= 11 is 0. The number of aryl methyl sites for hydroxylation is 1. The second kappa shape index (κ2) is 10.0. The van der Waals surface area contributed by atoms with Gasteiger partial charge in [0, 0.05) is 43.1 Å². The average molecular weight is 560 g/mol. The normalized spacial score (nSPS) is 19.5. The molecule has 0 saturated carbocycles. The highest BCUT2D eigenvalue weighted by atomic mass is 16.6. The number of H-pyrrole nitrogens is 1. The molecule has 0 aliphatic carbocycles. The van der Waals surface area contributed by atoms with Crippen LogP contribution in [0.2, 0.25) is 0 Å². The highest BCUT2D eigenvalue weighted by Gasteiger charge is 2.39. The SMILES string of the molecule is COc1cc2c(C)c(C(=O)N3CCC(c4ccc5c(c4)CN(C4CCC(=O)NC4=O)C5=O)CC3)[nH]c2cc1[N+](=O)[O-]. The summed E-state index contributed by atoms with van der Waals surface area (Å²) in [6, 6.07) is 8.13. The van der Waals surface area contributed by atoms with Crippen LogP contribution in [0.1, 0.15) is 69.1 Å². The molecule has 3 aromatic rings. The minimum atomic E-state index is -0.648. The van der Waals surface area contributed by atoms with E-state index in [-0.39, 0.29) is 41.5 Å². The number of aromatic nitrogens is 1. The van der Waals surface area contributed by atoms with Crippen LogP contribution in [0.5, 0.6) is 5.75 Å². The standard InChI is InChI=1S/C29H29N5O7/c1-15-20-12-24(41-2)23(34(39)40)13-21(20)30-26(15)29(38)32-9-7-16(8-10-32)17-3-4-19-18(11-17)14-33(28(19)37)22-5-6-25(35)31-27(22)36/h3-4,11-13,16,22,30H,5-10,14H2,1-2H3,(H,31,35,36). The summed E-state index contributed by atoms with van der Waals surface area (Å²) in [4.78, 5) is 67.7. The average Bonchev–Trinajstić information content (AvgIpc) is 3.47. The molecular weight excluding hydrogens is 530 g/mol. The number of methoxy groups -OCH3 is 1. The van der Waals surface area contributed by atoms with Gasteiger partial charge in [-0.1, -0.05) is 12.1 Å². The molecule has 2 fully saturated rings. The van der Waals surface area contributed by atoms with E-state index in [1.807, 2.05) is 25.1 Å². The molecule has 212 valence electrons. The Morgan fingerprint density at radius 2 is 1.85 bits per heavy atom. The maximum atomic E-state index is 13.5. The summed E-state index contributed by atoms with van der Waals surface area (Å²) in [7, 11) is 1.37. The zero-order chi connectivity index (χ0) is 29.0. The van der Waals surface area contributed by atoms with Crippen molar-refractivity contribution in [1.29, 1.82) is 0 Å². The van der Waals surface area contributed by atoms with Gasteiger partial charge in [0.15, 0.2) is 5.75 Å². The van der Waals surface area contributed by atoms with Gasteiger partial charge >= 0.3 is 5.69 Å². The summed E-state index contributed by atoms with van der Waals surface area (Å²) in [5, 5.41) is 14.5. The molecule has 2 N–H and O–H groups in total. The van der Waals surface area contributed by atoms with Crippen LogP contribution in [0.4, 0.5) is 5.69 Å². The number of likely N-dealkylation sites (tertiary alicyclic amines) is 1. The number of nitro benzene ring substituents is 1. The predicted octanol–water partition coefficient (Wildman–Crippen LogP) is 3.17. The second-order valence-electron chi connectivity index (χ2n) is 10.8. The number of ether oxygens (including phenoxy) is 1. The fraction of sp³-hybridized carbons (Fsp3) is 0.379. The van der Waals surface area contributed by atoms with E-state index in [0.29, 0.717) is 53.8 Å². The second-order valence-corrected chi connectivity index (χ2v) is 10.8. The molecule has 0 spiro atoms. The summed E-state index contributed by atoms with van der Waals surface area (Å²) in [5.41, 5.74) is 4.00. The monoisotopic (exact) mass is 559 g/mol. The van der Waals surface area contributed by atoms with Gasteiger partial charge in [0.25, 0.3) is 11.8 Å². The number of rotatable bonds is 5. The van der Waals surface area contributed by atoms with Gasteiger partial charge in [-0.15, -0.1) is 0 Å². The van der Waals surface area contributed by atoms with Crippen molar-refractivity contribution in [3.8, 4) is 5.75 Å². The molecule has 2 saturated heterocycles. The van der Waals surface area contributed by atoms with Gasteiger partial charge in [-0.2, -0.15) is 0 Å². The van der Waals surface area contributed by atoms with Crippen molar-refractivity contribution in [2.45, 2.75) is 51.1 Å². The third kappa shape index (κ3) is 4.48. The molecule has 2 aromatic carbocycles. The highest BCUT2D eigenvalue weighted by molar-refractivity contribution is 6.05. The van der Waals surface area contributed by atoms with Crippen molar-refractivity contribution < 1.29 is 28.8 Å². The van der Waals surface area contributed by atoms with Crippen molar-refractivity contribution in [3.63, 3.8) is 0 Å². The molecule has 1 aromatic heterocycles. The van der Waals surface area contributed by atoms with E-state index in [4.69, 9.17) is 4.74 Å². The number of hydrogen-bond acceptors (Lipinski definition) is 7. The summed E-state index contributed by atoms with van der Waals surface area (Å²) in [6.07, 6.45) is 2.02. The van der Waals surface area contributed by atoms with Gasteiger partial charge in [-0.05, 0) is 60.9 Å². The van der Waals surface area contributed by atoms with Crippen molar-refractivity contribution in [2.75, 3.05) is 20.2 Å². The third-order valence-corrected chi connectivity index (χ3v) is 8.57. The van der Waals surface area contributed by atoms with Crippen LogP contribution in [0, 0.1) is 17.0 Å². The van der Waals surface area contributed by atoms with Crippen molar-refractivity contribution >= 4 is 40.2 Å². The van der Waals surface area contributed by atoms with Crippen molar-refractivity contribution in [3.05, 3.63) is 68.4 Å². The Morgan fingerprint density at radius 3 is 2.54 bits per heavy atom. The number of benzene rings is 2. The molecule has 12 heteroatoms.